The molecule has 0 fully saturated rings. The van der Waals surface area contributed by atoms with Crippen LogP contribution in [0.1, 0.15) is 26.3 Å². The van der Waals surface area contributed by atoms with Crippen molar-refractivity contribution in [2.45, 2.75) is 6.54 Å². The second kappa shape index (κ2) is 8.68. The van der Waals surface area contributed by atoms with Crippen LogP contribution in [-0.2, 0) is 6.54 Å². The van der Waals surface area contributed by atoms with Crippen LogP contribution in [0.5, 0.6) is 0 Å². The summed E-state index contributed by atoms with van der Waals surface area (Å²) >= 11 is 0. The molecule has 160 valence electrons. The van der Waals surface area contributed by atoms with Crippen molar-refractivity contribution in [1.82, 2.24) is 9.97 Å². The number of nitrogens with zero attached hydrogens (tertiary/aromatic N) is 2. The lowest BCUT2D eigenvalue weighted by Gasteiger charge is -2.10. The van der Waals surface area contributed by atoms with Crippen molar-refractivity contribution >= 4 is 40.0 Å². The molecule has 6 N–H and O–H groups in total. The molecule has 2 amide bonds. The van der Waals surface area contributed by atoms with E-state index in [1.807, 2.05) is 6.07 Å². The summed E-state index contributed by atoms with van der Waals surface area (Å²) in [5, 5.41) is 6.50. The van der Waals surface area contributed by atoms with Crippen LogP contribution in [0.4, 0.5) is 21.7 Å². The third-order valence-electron chi connectivity index (χ3n) is 4.84. The smallest absolute Gasteiger partial charge is 0.255 e. The molecule has 0 spiro atoms. The topological polar surface area (TPSA) is 136 Å². The summed E-state index contributed by atoms with van der Waals surface area (Å²) < 4.78 is 14.6. The molecule has 4 aromatic rings. The molecule has 0 radical (unpaired) electrons. The van der Waals surface area contributed by atoms with Gasteiger partial charge in [-0.1, -0.05) is 12.1 Å². The van der Waals surface area contributed by atoms with Gasteiger partial charge in [0.05, 0.1) is 11.2 Å². The van der Waals surface area contributed by atoms with Crippen LogP contribution in [0, 0.1) is 5.82 Å². The second-order valence-electron chi connectivity index (χ2n) is 7.02. The van der Waals surface area contributed by atoms with Crippen molar-refractivity contribution in [2.75, 3.05) is 16.4 Å². The molecule has 2 heterocycles. The Morgan fingerprint density at radius 1 is 1.00 bits per heavy atom. The summed E-state index contributed by atoms with van der Waals surface area (Å²) in [7, 11) is 0. The largest absolute Gasteiger partial charge is 0.382 e. The maximum Gasteiger partial charge on any atom is 0.255 e. The zero-order chi connectivity index (χ0) is 22.7. The van der Waals surface area contributed by atoms with Gasteiger partial charge in [0.15, 0.2) is 0 Å². The Labute approximate surface area is 182 Å². The Morgan fingerprint density at radius 2 is 1.78 bits per heavy atom. The van der Waals surface area contributed by atoms with Gasteiger partial charge in [0.25, 0.3) is 5.91 Å². The summed E-state index contributed by atoms with van der Waals surface area (Å²) in [5.74, 6) is -0.893. The van der Waals surface area contributed by atoms with Gasteiger partial charge in [0.1, 0.15) is 17.5 Å². The van der Waals surface area contributed by atoms with Gasteiger partial charge in [-0.25, -0.2) is 14.4 Å². The summed E-state index contributed by atoms with van der Waals surface area (Å²) in [5.41, 5.74) is 12.8. The highest BCUT2D eigenvalue weighted by Gasteiger charge is 2.12. The van der Waals surface area contributed by atoms with Crippen molar-refractivity contribution in [3.05, 3.63) is 89.4 Å². The molecule has 0 aliphatic heterocycles. The summed E-state index contributed by atoms with van der Waals surface area (Å²) in [4.78, 5) is 32.1. The van der Waals surface area contributed by atoms with Crippen LogP contribution in [0.25, 0.3) is 10.9 Å². The van der Waals surface area contributed by atoms with Crippen molar-refractivity contribution in [3.63, 3.8) is 0 Å². The lowest BCUT2D eigenvalue weighted by atomic mass is 10.1. The molecule has 0 unspecified atom stereocenters. The Balaban J connectivity index is 1.46. The first-order chi connectivity index (χ1) is 15.4. The fourth-order valence-corrected chi connectivity index (χ4v) is 3.10. The highest BCUT2D eigenvalue weighted by atomic mass is 19.1. The van der Waals surface area contributed by atoms with Crippen LogP contribution < -0.4 is 22.1 Å². The molecular weight excluding hydrogens is 411 g/mol. The van der Waals surface area contributed by atoms with Crippen LogP contribution in [0.2, 0.25) is 0 Å². The number of fused-ring (bicyclic) bond motifs is 1. The molecule has 2 aromatic carbocycles. The van der Waals surface area contributed by atoms with E-state index in [0.717, 1.165) is 11.5 Å². The minimum absolute atomic E-state index is 0.150. The Hall–Kier alpha value is -4.53. The lowest BCUT2D eigenvalue weighted by Crippen LogP contribution is -2.14. The fraction of sp³-hybridized carbons (Fsp3) is 0.0435. The lowest BCUT2D eigenvalue weighted by molar-refractivity contribution is 0.0997. The van der Waals surface area contributed by atoms with Gasteiger partial charge in [-0.15, -0.1) is 0 Å². The number of hydrogen-bond donors (Lipinski definition) is 4. The number of benzene rings is 2. The third-order valence-corrected chi connectivity index (χ3v) is 4.84. The Morgan fingerprint density at radius 3 is 2.53 bits per heavy atom. The van der Waals surface area contributed by atoms with Gasteiger partial charge in [-0.3, -0.25) is 9.59 Å². The highest BCUT2D eigenvalue weighted by Crippen LogP contribution is 2.19. The molecule has 8 nitrogen and oxygen atoms in total. The number of hydrogen-bond acceptors (Lipinski definition) is 6. The Kier molecular flexibility index (Phi) is 5.63. The first-order valence-electron chi connectivity index (χ1n) is 9.65. The number of nitrogens with two attached hydrogens (primary N) is 2. The SMILES string of the molecule is NC(=O)c1ccc2ccc(NCc3ccc(C(=O)Nc4cccnc4N)cc3F)nc2c1. The first kappa shape index (κ1) is 20.7. The highest BCUT2D eigenvalue weighted by molar-refractivity contribution is 6.05. The minimum Gasteiger partial charge on any atom is -0.382 e. The molecule has 0 aliphatic carbocycles. The quantitative estimate of drug-likeness (QED) is 0.370. The van der Waals surface area contributed by atoms with E-state index in [9.17, 15) is 14.0 Å². The summed E-state index contributed by atoms with van der Waals surface area (Å²) in [6, 6.07) is 16.0. The van der Waals surface area contributed by atoms with Crippen LogP contribution >= 0.6 is 0 Å². The van der Waals surface area contributed by atoms with Gasteiger partial charge in [-0.2, -0.15) is 0 Å². The molecule has 0 saturated heterocycles. The standard InChI is InChI=1S/C23H19FN6O2/c24-17-10-15(23(32)30-18-2-1-9-27-21(18)25)5-6-16(17)12-28-20-8-7-13-3-4-14(22(26)31)11-19(13)29-20/h1-11H,12H2,(H2,25,27)(H2,26,31)(H,28,29)(H,30,32). The number of aromatic nitrogens is 2. The number of pyridine rings is 2. The van der Waals surface area contributed by atoms with E-state index in [1.54, 1.807) is 36.4 Å². The van der Waals surface area contributed by atoms with Crippen molar-refractivity contribution < 1.29 is 14.0 Å². The molecule has 4 rings (SSSR count). The maximum atomic E-state index is 14.6. The minimum atomic E-state index is -0.541. The number of nitrogens with one attached hydrogen (secondary N) is 2. The number of carbonyl (C=O) groups excluding carboxylic acids is 2. The van der Waals surface area contributed by atoms with E-state index < -0.39 is 17.6 Å². The summed E-state index contributed by atoms with van der Waals surface area (Å²) in [6.07, 6.45) is 1.51. The van der Waals surface area contributed by atoms with Crippen LogP contribution in [0.3, 0.4) is 0 Å². The number of rotatable bonds is 6. The van der Waals surface area contributed by atoms with E-state index in [0.29, 0.717) is 28.1 Å². The van der Waals surface area contributed by atoms with Crippen LogP contribution in [-0.4, -0.2) is 21.8 Å². The number of primary amides is 1. The maximum absolute atomic E-state index is 14.6. The normalized spacial score (nSPS) is 10.7. The number of halogens is 1. The van der Waals surface area contributed by atoms with Crippen molar-refractivity contribution in [3.8, 4) is 0 Å². The number of nitrogen functional groups attached to an aromatic ring is 1. The monoisotopic (exact) mass is 430 g/mol. The predicted octanol–water partition coefficient (Wildman–Crippen LogP) is 3.31. The third kappa shape index (κ3) is 4.46. The van der Waals surface area contributed by atoms with Gasteiger partial charge < -0.3 is 22.1 Å². The van der Waals surface area contributed by atoms with E-state index in [2.05, 4.69) is 20.6 Å². The zero-order valence-corrected chi connectivity index (χ0v) is 16.8. The predicted molar refractivity (Wildman–Crippen MR) is 121 cm³/mol. The average Bonchev–Trinajstić information content (AvgIpc) is 2.79. The van der Waals surface area contributed by atoms with Gasteiger partial charge in [0, 0.05) is 34.8 Å². The van der Waals surface area contributed by atoms with E-state index in [1.165, 1.54) is 18.3 Å². The molecule has 0 bridgehead atoms. The van der Waals surface area contributed by atoms with E-state index in [-0.39, 0.29) is 17.9 Å². The molecule has 0 atom stereocenters. The molecule has 2 aromatic heterocycles. The van der Waals surface area contributed by atoms with Crippen molar-refractivity contribution in [2.24, 2.45) is 5.73 Å². The molecule has 32 heavy (non-hydrogen) atoms. The van der Waals surface area contributed by atoms with Gasteiger partial charge in [-0.05, 0) is 48.5 Å². The molecule has 0 saturated carbocycles. The number of anilines is 3. The zero-order valence-electron chi connectivity index (χ0n) is 16.8. The summed E-state index contributed by atoms with van der Waals surface area (Å²) in [6.45, 7) is 0.150. The van der Waals surface area contributed by atoms with Crippen LogP contribution in [0.15, 0.2) is 66.9 Å². The van der Waals surface area contributed by atoms with E-state index in [4.69, 9.17) is 11.5 Å². The fourth-order valence-electron chi connectivity index (χ4n) is 3.10. The molecule has 0 aliphatic rings. The second-order valence-corrected chi connectivity index (χ2v) is 7.02. The van der Waals surface area contributed by atoms with Gasteiger partial charge >= 0.3 is 0 Å². The number of carbonyl (C=O) groups is 2. The average molecular weight is 430 g/mol. The first-order valence-corrected chi connectivity index (χ1v) is 9.65. The Bertz CT molecular complexity index is 1340. The number of amides is 2. The molecule has 9 heteroatoms. The van der Waals surface area contributed by atoms with Gasteiger partial charge in [0.2, 0.25) is 5.91 Å². The molecular formula is C23H19FN6O2. The van der Waals surface area contributed by atoms with E-state index >= 15 is 0 Å². The van der Waals surface area contributed by atoms with Crippen molar-refractivity contribution in [1.29, 1.82) is 0 Å².